The third-order valence-electron chi connectivity index (χ3n) is 2.78. The minimum absolute atomic E-state index is 0.785. The topological polar surface area (TPSA) is 29.9 Å². The van der Waals surface area contributed by atoms with E-state index in [4.69, 9.17) is 0 Å². The van der Waals surface area contributed by atoms with Gasteiger partial charge in [0.2, 0.25) is 0 Å². The van der Waals surface area contributed by atoms with Crippen LogP contribution >= 0.6 is 33.9 Å². The predicted octanol–water partition coefficient (Wildman–Crippen LogP) is 2.85. The van der Waals surface area contributed by atoms with Crippen LogP contribution in [0.5, 0.6) is 0 Å². The first kappa shape index (κ1) is 11.7. The van der Waals surface area contributed by atoms with Gasteiger partial charge in [0, 0.05) is 28.5 Å². The fourth-order valence-corrected chi connectivity index (χ4v) is 3.13. The van der Waals surface area contributed by atoms with Crippen LogP contribution in [0.15, 0.2) is 24.5 Å². The van der Waals surface area contributed by atoms with E-state index in [9.17, 15) is 0 Å². The molecule has 1 N–H and O–H groups in total. The summed E-state index contributed by atoms with van der Waals surface area (Å²) in [4.78, 5) is 2.80. The molecular formula is C12H14IN3S. The van der Waals surface area contributed by atoms with E-state index in [0.29, 0.717) is 0 Å². The molecule has 3 rings (SSSR count). The van der Waals surface area contributed by atoms with Gasteiger partial charge in [0.1, 0.15) is 0 Å². The molecule has 0 aromatic carbocycles. The number of thiophene rings is 1. The lowest BCUT2D eigenvalue weighted by Crippen LogP contribution is -2.14. The summed E-state index contributed by atoms with van der Waals surface area (Å²) in [6.07, 6.45) is 6.67. The van der Waals surface area contributed by atoms with E-state index in [1.165, 1.54) is 26.2 Å². The van der Waals surface area contributed by atoms with Crippen LogP contribution in [-0.4, -0.2) is 15.8 Å². The van der Waals surface area contributed by atoms with Gasteiger partial charge in [-0.1, -0.05) is 0 Å². The molecule has 1 aliphatic carbocycles. The average molecular weight is 359 g/mol. The summed E-state index contributed by atoms with van der Waals surface area (Å²) >= 11 is 4.17. The first-order valence-electron chi connectivity index (χ1n) is 5.78. The van der Waals surface area contributed by atoms with Crippen molar-refractivity contribution in [3.05, 3.63) is 37.9 Å². The standard InChI is InChI=1S/C12H14IN3S/c13-9-5-15-16(7-9)8-12-4-3-11(17-12)6-14-10-1-2-10/h3-5,7,10,14H,1-2,6,8H2. The molecule has 5 heteroatoms. The Bertz CT molecular complexity index is 501. The maximum absolute atomic E-state index is 4.30. The lowest BCUT2D eigenvalue weighted by molar-refractivity contribution is 0.694. The first-order valence-corrected chi connectivity index (χ1v) is 7.68. The molecule has 90 valence electrons. The van der Waals surface area contributed by atoms with Crippen molar-refractivity contribution in [2.45, 2.75) is 32.0 Å². The van der Waals surface area contributed by atoms with Crippen LogP contribution < -0.4 is 5.32 Å². The monoisotopic (exact) mass is 359 g/mol. The highest BCUT2D eigenvalue weighted by atomic mass is 127. The smallest absolute Gasteiger partial charge is 0.0752 e. The maximum atomic E-state index is 4.30. The van der Waals surface area contributed by atoms with Crippen LogP contribution in [0.25, 0.3) is 0 Å². The van der Waals surface area contributed by atoms with E-state index in [-0.39, 0.29) is 0 Å². The second-order valence-electron chi connectivity index (χ2n) is 4.38. The Morgan fingerprint density at radius 1 is 1.41 bits per heavy atom. The molecular weight excluding hydrogens is 345 g/mol. The molecule has 17 heavy (non-hydrogen) atoms. The Hall–Kier alpha value is -0.400. The molecule has 0 amide bonds. The molecule has 0 spiro atoms. The highest BCUT2D eigenvalue weighted by Gasteiger charge is 2.20. The van der Waals surface area contributed by atoms with Gasteiger partial charge in [-0.05, 0) is 47.6 Å². The van der Waals surface area contributed by atoms with Crippen molar-refractivity contribution in [2.75, 3.05) is 0 Å². The first-order chi connectivity index (χ1) is 8.29. The molecule has 0 unspecified atom stereocenters. The highest BCUT2D eigenvalue weighted by Crippen LogP contribution is 2.22. The van der Waals surface area contributed by atoms with Crippen LogP contribution in [0.3, 0.4) is 0 Å². The van der Waals surface area contributed by atoms with Crippen LogP contribution in [0.1, 0.15) is 22.6 Å². The van der Waals surface area contributed by atoms with Crippen molar-refractivity contribution in [2.24, 2.45) is 0 Å². The van der Waals surface area contributed by atoms with E-state index >= 15 is 0 Å². The summed E-state index contributed by atoms with van der Waals surface area (Å²) in [5, 5.41) is 7.85. The third kappa shape index (κ3) is 3.29. The molecule has 0 atom stereocenters. The Labute approximate surface area is 118 Å². The molecule has 1 fully saturated rings. The number of rotatable bonds is 5. The molecule has 1 saturated carbocycles. The SMILES string of the molecule is Ic1cnn(Cc2ccc(CNC3CC3)s2)c1. The Kier molecular flexibility index (Phi) is 3.49. The van der Waals surface area contributed by atoms with Crippen molar-refractivity contribution in [1.29, 1.82) is 0 Å². The second-order valence-corrected chi connectivity index (χ2v) is 6.88. The van der Waals surface area contributed by atoms with Gasteiger partial charge in [0.25, 0.3) is 0 Å². The lowest BCUT2D eigenvalue weighted by atomic mass is 10.4. The Balaban J connectivity index is 1.59. The van der Waals surface area contributed by atoms with Gasteiger partial charge in [-0.15, -0.1) is 11.3 Å². The normalized spacial score (nSPS) is 15.4. The maximum Gasteiger partial charge on any atom is 0.0752 e. The quantitative estimate of drug-likeness (QED) is 0.833. The van der Waals surface area contributed by atoms with Crippen molar-refractivity contribution in [1.82, 2.24) is 15.1 Å². The zero-order valence-corrected chi connectivity index (χ0v) is 12.4. The zero-order valence-electron chi connectivity index (χ0n) is 9.40. The zero-order chi connectivity index (χ0) is 11.7. The summed E-state index contributed by atoms with van der Waals surface area (Å²) in [5.74, 6) is 0. The van der Waals surface area contributed by atoms with E-state index in [2.05, 4.69) is 51.3 Å². The minimum atomic E-state index is 0.785. The molecule has 2 aromatic heterocycles. The van der Waals surface area contributed by atoms with Crippen LogP contribution in [0, 0.1) is 3.57 Å². The molecule has 0 bridgehead atoms. The molecule has 3 nitrogen and oxygen atoms in total. The van der Waals surface area contributed by atoms with E-state index < -0.39 is 0 Å². The summed E-state index contributed by atoms with van der Waals surface area (Å²) in [7, 11) is 0. The summed E-state index contributed by atoms with van der Waals surface area (Å²) in [5.41, 5.74) is 0. The van der Waals surface area contributed by atoms with Gasteiger partial charge in [-0.3, -0.25) is 4.68 Å². The van der Waals surface area contributed by atoms with E-state index in [1.807, 2.05) is 22.2 Å². The van der Waals surface area contributed by atoms with Gasteiger partial charge < -0.3 is 5.32 Å². The fraction of sp³-hybridized carbons (Fsp3) is 0.417. The Morgan fingerprint density at radius 2 is 2.24 bits per heavy atom. The Morgan fingerprint density at radius 3 is 2.94 bits per heavy atom. The number of hydrogen-bond donors (Lipinski definition) is 1. The number of halogens is 1. The van der Waals surface area contributed by atoms with Gasteiger partial charge in [0.05, 0.1) is 16.3 Å². The summed E-state index contributed by atoms with van der Waals surface area (Å²) in [6.45, 7) is 1.91. The molecule has 0 aliphatic heterocycles. The predicted molar refractivity (Wildman–Crippen MR) is 78.2 cm³/mol. The fourth-order valence-electron chi connectivity index (χ4n) is 1.72. The molecule has 0 radical (unpaired) electrons. The van der Waals surface area contributed by atoms with Crippen molar-refractivity contribution < 1.29 is 0 Å². The minimum Gasteiger partial charge on any atom is -0.309 e. The molecule has 2 aromatic rings. The van der Waals surface area contributed by atoms with Crippen LogP contribution in [0.2, 0.25) is 0 Å². The highest BCUT2D eigenvalue weighted by molar-refractivity contribution is 14.1. The summed E-state index contributed by atoms with van der Waals surface area (Å²) < 4.78 is 3.18. The van der Waals surface area contributed by atoms with Gasteiger partial charge >= 0.3 is 0 Å². The van der Waals surface area contributed by atoms with Crippen LogP contribution in [-0.2, 0) is 13.1 Å². The van der Waals surface area contributed by atoms with Gasteiger partial charge in [-0.2, -0.15) is 5.10 Å². The third-order valence-corrected chi connectivity index (χ3v) is 4.41. The number of nitrogens with zero attached hydrogens (tertiary/aromatic N) is 2. The van der Waals surface area contributed by atoms with Crippen LogP contribution in [0.4, 0.5) is 0 Å². The van der Waals surface area contributed by atoms with Crippen molar-refractivity contribution >= 4 is 33.9 Å². The lowest BCUT2D eigenvalue weighted by Gasteiger charge is -1.99. The van der Waals surface area contributed by atoms with E-state index in [1.54, 1.807) is 0 Å². The van der Waals surface area contributed by atoms with E-state index in [0.717, 1.165) is 19.1 Å². The largest absolute Gasteiger partial charge is 0.309 e. The van der Waals surface area contributed by atoms with Gasteiger partial charge in [0.15, 0.2) is 0 Å². The molecule has 1 aliphatic rings. The van der Waals surface area contributed by atoms with Crippen molar-refractivity contribution in [3.8, 4) is 0 Å². The molecule has 2 heterocycles. The van der Waals surface area contributed by atoms with Crippen molar-refractivity contribution in [3.63, 3.8) is 0 Å². The molecule has 0 saturated heterocycles. The number of hydrogen-bond acceptors (Lipinski definition) is 3. The number of nitrogens with one attached hydrogen (secondary N) is 1. The average Bonchev–Trinajstić information content (AvgIpc) is 2.90. The number of aromatic nitrogens is 2. The van der Waals surface area contributed by atoms with Gasteiger partial charge in [-0.25, -0.2) is 0 Å². The summed E-state index contributed by atoms with van der Waals surface area (Å²) in [6, 6.07) is 5.22. The second kappa shape index (κ2) is 5.07.